The molecule has 2 nitrogen and oxygen atoms in total. The normalized spacial score (nSPS) is 10.2. The summed E-state index contributed by atoms with van der Waals surface area (Å²) in [7, 11) is 0. The second-order valence-corrected chi connectivity index (χ2v) is 4.81. The maximum absolute atomic E-state index is 5.58. The molecule has 0 unspecified atom stereocenters. The lowest BCUT2D eigenvalue weighted by atomic mass is 10.2. The van der Waals surface area contributed by atoms with Crippen LogP contribution >= 0.6 is 11.3 Å². The van der Waals surface area contributed by atoms with E-state index < -0.39 is 0 Å². The SMILES string of the molecule is CCOc1ccccc1NCc1sccc1C. The Hall–Kier alpha value is -1.48. The van der Waals surface area contributed by atoms with Gasteiger partial charge < -0.3 is 10.1 Å². The van der Waals surface area contributed by atoms with Gasteiger partial charge in [-0.15, -0.1) is 11.3 Å². The molecule has 17 heavy (non-hydrogen) atoms. The van der Waals surface area contributed by atoms with Crippen molar-refractivity contribution in [1.29, 1.82) is 0 Å². The van der Waals surface area contributed by atoms with E-state index in [0.717, 1.165) is 18.0 Å². The lowest BCUT2D eigenvalue weighted by molar-refractivity contribution is 0.341. The summed E-state index contributed by atoms with van der Waals surface area (Å²) in [4.78, 5) is 1.37. The topological polar surface area (TPSA) is 21.3 Å². The van der Waals surface area contributed by atoms with Crippen LogP contribution in [-0.2, 0) is 6.54 Å². The molecule has 0 spiro atoms. The van der Waals surface area contributed by atoms with E-state index in [1.165, 1.54) is 10.4 Å². The van der Waals surface area contributed by atoms with Gasteiger partial charge in [0.15, 0.2) is 0 Å². The third-order valence-electron chi connectivity index (χ3n) is 2.59. The lowest BCUT2D eigenvalue weighted by Gasteiger charge is -2.11. The van der Waals surface area contributed by atoms with Crippen LogP contribution in [0.15, 0.2) is 35.7 Å². The number of nitrogens with one attached hydrogen (secondary N) is 1. The van der Waals surface area contributed by atoms with Crippen LogP contribution < -0.4 is 10.1 Å². The van der Waals surface area contributed by atoms with Gasteiger partial charge in [0.1, 0.15) is 5.75 Å². The summed E-state index contributed by atoms with van der Waals surface area (Å²) in [6.45, 7) is 5.69. The summed E-state index contributed by atoms with van der Waals surface area (Å²) in [6, 6.07) is 10.2. The minimum Gasteiger partial charge on any atom is -0.492 e. The van der Waals surface area contributed by atoms with E-state index in [9.17, 15) is 0 Å². The molecule has 1 aromatic carbocycles. The van der Waals surface area contributed by atoms with Crippen molar-refractivity contribution in [3.63, 3.8) is 0 Å². The average molecular weight is 247 g/mol. The number of ether oxygens (including phenoxy) is 1. The molecule has 1 heterocycles. The first kappa shape index (κ1) is 12.0. The van der Waals surface area contributed by atoms with Crippen molar-refractivity contribution in [2.45, 2.75) is 20.4 Å². The zero-order chi connectivity index (χ0) is 12.1. The molecular formula is C14H17NOS. The number of aryl methyl sites for hydroxylation is 1. The zero-order valence-electron chi connectivity index (χ0n) is 10.2. The monoisotopic (exact) mass is 247 g/mol. The molecule has 90 valence electrons. The smallest absolute Gasteiger partial charge is 0.142 e. The van der Waals surface area contributed by atoms with Crippen LogP contribution in [0.25, 0.3) is 0 Å². The largest absolute Gasteiger partial charge is 0.492 e. The first-order chi connectivity index (χ1) is 8.31. The first-order valence-corrected chi connectivity index (χ1v) is 6.68. The van der Waals surface area contributed by atoms with Crippen LogP contribution in [0.3, 0.4) is 0 Å². The molecule has 1 N–H and O–H groups in total. The van der Waals surface area contributed by atoms with Gasteiger partial charge in [-0.1, -0.05) is 12.1 Å². The van der Waals surface area contributed by atoms with Crippen molar-refractivity contribution in [3.8, 4) is 5.75 Å². The summed E-state index contributed by atoms with van der Waals surface area (Å²) in [5.41, 5.74) is 2.40. The Morgan fingerprint density at radius 1 is 1.24 bits per heavy atom. The van der Waals surface area contributed by atoms with Crippen molar-refractivity contribution in [2.75, 3.05) is 11.9 Å². The molecule has 2 rings (SSSR count). The van der Waals surface area contributed by atoms with E-state index in [1.54, 1.807) is 11.3 Å². The van der Waals surface area contributed by atoms with E-state index in [4.69, 9.17) is 4.74 Å². The van der Waals surface area contributed by atoms with Gasteiger partial charge in [-0.05, 0) is 43.0 Å². The third kappa shape index (κ3) is 3.01. The predicted octanol–water partition coefficient (Wildman–Crippen LogP) is 4.07. The van der Waals surface area contributed by atoms with E-state index in [0.29, 0.717) is 6.61 Å². The van der Waals surface area contributed by atoms with Crippen LogP contribution in [0, 0.1) is 6.92 Å². The van der Waals surface area contributed by atoms with Gasteiger partial charge in [0.2, 0.25) is 0 Å². The van der Waals surface area contributed by atoms with E-state index >= 15 is 0 Å². The summed E-state index contributed by atoms with van der Waals surface area (Å²) >= 11 is 1.78. The van der Waals surface area contributed by atoms with Gasteiger partial charge >= 0.3 is 0 Å². The van der Waals surface area contributed by atoms with Crippen LogP contribution in [-0.4, -0.2) is 6.61 Å². The van der Waals surface area contributed by atoms with Crippen LogP contribution in [0.5, 0.6) is 5.75 Å². The zero-order valence-corrected chi connectivity index (χ0v) is 11.0. The van der Waals surface area contributed by atoms with Gasteiger partial charge in [-0.2, -0.15) is 0 Å². The number of hydrogen-bond donors (Lipinski definition) is 1. The average Bonchev–Trinajstić information content (AvgIpc) is 2.74. The predicted molar refractivity (Wildman–Crippen MR) is 74.0 cm³/mol. The summed E-state index contributed by atoms with van der Waals surface area (Å²) in [5, 5.41) is 5.55. The quantitative estimate of drug-likeness (QED) is 0.860. The maximum Gasteiger partial charge on any atom is 0.142 e. The highest BCUT2D eigenvalue weighted by Gasteiger charge is 2.03. The number of hydrogen-bond acceptors (Lipinski definition) is 3. The van der Waals surface area contributed by atoms with Crippen LogP contribution in [0.4, 0.5) is 5.69 Å². The molecule has 1 aromatic heterocycles. The van der Waals surface area contributed by atoms with Crippen molar-refractivity contribution in [3.05, 3.63) is 46.2 Å². The lowest BCUT2D eigenvalue weighted by Crippen LogP contribution is -2.02. The fourth-order valence-corrected chi connectivity index (χ4v) is 2.50. The van der Waals surface area contributed by atoms with Gasteiger partial charge in [0.25, 0.3) is 0 Å². The Balaban J connectivity index is 2.06. The molecule has 2 aromatic rings. The fraction of sp³-hybridized carbons (Fsp3) is 0.286. The van der Waals surface area contributed by atoms with E-state index in [2.05, 4.69) is 23.7 Å². The third-order valence-corrected chi connectivity index (χ3v) is 3.62. The molecule has 0 aliphatic carbocycles. The molecule has 0 aliphatic heterocycles. The van der Waals surface area contributed by atoms with Crippen LogP contribution in [0.1, 0.15) is 17.4 Å². The Morgan fingerprint density at radius 2 is 2.06 bits per heavy atom. The number of thiophene rings is 1. The molecule has 0 aliphatic rings. The number of benzene rings is 1. The maximum atomic E-state index is 5.58. The number of para-hydroxylation sites is 2. The Morgan fingerprint density at radius 3 is 2.76 bits per heavy atom. The highest BCUT2D eigenvalue weighted by molar-refractivity contribution is 7.10. The van der Waals surface area contributed by atoms with Crippen molar-refractivity contribution in [1.82, 2.24) is 0 Å². The Kier molecular flexibility index (Phi) is 4.04. The summed E-state index contributed by atoms with van der Waals surface area (Å²) < 4.78 is 5.58. The molecule has 3 heteroatoms. The minimum absolute atomic E-state index is 0.691. The molecule has 0 bridgehead atoms. The number of anilines is 1. The standard InChI is InChI=1S/C14H17NOS/c1-3-16-13-7-5-4-6-12(13)15-10-14-11(2)8-9-17-14/h4-9,15H,3,10H2,1-2H3. The first-order valence-electron chi connectivity index (χ1n) is 5.80. The molecule has 0 saturated carbocycles. The van der Waals surface area contributed by atoms with Crippen molar-refractivity contribution < 1.29 is 4.74 Å². The highest BCUT2D eigenvalue weighted by atomic mass is 32.1. The van der Waals surface area contributed by atoms with Crippen molar-refractivity contribution >= 4 is 17.0 Å². The second kappa shape index (κ2) is 5.73. The van der Waals surface area contributed by atoms with E-state index in [1.807, 2.05) is 31.2 Å². The molecular weight excluding hydrogens is 230 g/mol. The second-order valence-electron chi connectivity index (χ2n) is 3.81. The van der Waals surface area contributed by atoms with Gasteiger partial charge in [-0.3, -0.25) is 0 Å². The Bertz CT molecular complexity index is 479. The van der Waals surface area contributed by atoms with Gasteiger partial charge in [0, 0.05) is 11.4 Å². The minimum atomic E-state index is 0.691. The molecule has 0 fully saturated rings. The molecule has 0 saturated heterocycles. The molecule has 0 amide bonds. The fourth-order valence-electron chi connectivity index (χ4n) is 1.65. The van der Waals surface area contributed by atoms with Crippen molar-refractivity contribution in [2.24, 2.45) is 0 Å². The Labute approximate surface area is 106 Å². The number of rotatable bonds is 5. The highest BCUT2D eigenvalue weighted by Crippen LogP contribution is 2.25. The van der Waals surface area contributed by atoms with Gasteiger partial charge in [0.05, 0.1) is 12.3 Å². The van der Waals surface area contributed by atoms with E-state index in [-0.39, 0.29) is 0 Å². The van der Waals surface area contributed by atoms with Crippen LogP contribution in [0.2, 0.25) is 0 Å². The molecule has 0 atom stereocenters. The molecule has 0 radical (unpaired) electrons. The summed E-state index contributed by atoms with van der Waals surface area (Å²) in [6.07, 6.45) is 0. The van der Waals surface area contributed by atoms with Gasteiger partial charge in [-0.25, -0.2) is 0 Å². The summed E-state index contributed by atoms with van der Waals surface area (Å²) in [5.74, 6) is 0.921.